The zero-order chi connectivity index (χ0) is 18.8. The molecule has 1 atom stereocenters. The van der Waals surface area contributed by atoms with E-state index in [0.29, 0.717) is 6.54 Å². The molecule has 0 aromatic heterocycles. The van der Waals surface area contributed by atoms with Crippen LogP contribution in [-0.4, -0.2) is 38.9 Å². The molecular weight excluding hydrogens is 385 g/mol. The predicted molar refractivity (Wildman–Crippen MR) is 96.3 cm³/mol. The minimum atomic E-state index is -4.41. The van der Waals surface area contributed by atoms with Crippen LogP contribution in [-0.2, 0) is 11.3 Å². The molecule has 5 nitrogen and oxygen atoms in total. The highest BCUT2D eigenvalue weighted by Crippen LogP contribution is 2.58. The topological polar surface area (TPSA) is 59.6 Å². The summed E-state index contributed by atoms with van der Waals surface area (Å²) in [6.07, 6.45) is -1.41. The molecule has 2 aliphatic rings. The first-order valence-electron chi connectivity index (χ1n) is 8.68. The molecule has 2 fully saturated rings. The molecule has 1 amide bonds. The third-order valence-corrected chi connectivity index (χ3v) is 5.19. The van der Waals surface area contributed by atoms with Gasteiger partial charge in [0.1, 0.15) is 0 Å². The third-order valence-electron chi connectivity index (χ3n) is 5.19. The maximum Gasteiger partial charge on any atom is 0.422 e. The molecular formula is C18H24ClF3N2O3. The molecule has 2 N–H and O–H groups in total. The van der Waals surface area contributed by atoms with Gasteiger partial charge in [0.25, 0.3) is 0 Å². The van der Waals surface area contributed by atoms with E-state index in [2.05, 4.69) is 10.6 Å². The lowest BCUT2D eigenvalue weighted by Gasteiger charge is -2.23. The highest BCUT2D eigenvalue weighted by molar-refractivity contribution is 5.85. The standard InChI is InChI=1S/C18H23F3N2O3.ClH/c1-25-15-8-12(2-3-14(15)26-11-18(19,20)21)10-23-16(24)13-9-17(13)4-6-22-7-5-17;/h2-3,8,13,22H,4-7,9-11H2,1H3,(H,23,24);1H. The SMILES string of the molecule is COc1cc(CNC(=O)C2CC23CCNCC3)ccc1OCC(F)(F)F.Cl. The van der Waals surface area contributed by atoms with Gasteiger partial charge in [0.05, 0.1) is 7.11 Å². The van der Waals surface area contributed by atoms with Gasteiger partial charge in [-0.3, -0.25) is 4.79 Å². The van der Waals surface area contributed by atoms with Crippen molar-refractivity contribution in [3.63, 3.8) is 0 Å². The molecule has 1 aliphatic carbocycles. The number of ether oxygens (including phenoxy) is 2. The number of alkyl halides is 3. The number of carbonyl (C=O) groups excluding carboxylic acids is 1. The summed E-state index contributed by atoms with van der Waals surface area (Å²) in [4.78, 5) is 12.4. The molecule has 1 saturated carbocycles. The summed E-state index contributed by atoms with van der Waals surface area (Å²) in [7, 11) is 1.36. The van der Waals surface area contributed by atoms with Crippen LogP contribution in [0.2, 0.25) is 0 Å². The Bertz CT molecular complexity index is 664. The number of methoxy groups -OCH3 is 1. The Morgan fingerprint density at radius 2 is 2.00 bits per heavy atom. The van der Waals surface area contributed by atoms with Crippen molar-refractivity contribution in [3.05, 3.63) is 23.8 Å². The lowest BCUT2D eigenvalue weighted by atomic mass is 9.92. The number of amides is 1. The molecule has 1 saturated heterocycles. The van der Waals surface area contributed by atoms with Crippen LogP contribution in [0.1, 0.15) is 24.8 Å². The monoisotopic (exact) mass is 408 g/mol. The van der Waals surface area contributed by atoms with Gasteiger partial charge in [0.2, 0.25) is 5.91 Å². The lowest BCUT2D eigenvalue weighted by Crippen LogP contribution is -2.33. The molecule has 1 heterocycles. The van der Waals surface area contributed by atoms with E-state index in [-0.39, 0.29) is 41.1 Å². The number of rotatable bonds is 6. The van der Waals surface area contributed by atoms with Gasteiger partial charge in [-0.05, 0) is 55.5 Å². The van der Waals surface area contributed by atoms with Gasteiger partial charge in [-0.15, -0.1) is 12.4 Å². The Balaban J connectivity index is 0.00000261. The summed E-state index contributed by atoms with van der Waals surface area (Å²) >= 11 is 0. The van der Waals surface area contributed by atoms with E-state index in [4.69, 9.17) is 9.47 Å². The fourth-order valence-corrected chi connectivity index (χ4v) is 3.61. The second kappa shape index (κ2) is 8.56. The molecule has 9 heteroatoms. The highest BCUT2D eigenvalue weighted by Gasteiger charge is 2.57. The van der Waals surface area contributed by atoms with Crippen LogP contribution >= 0.6 is 12.4 Å². The van der Waals surface area contributed by atoms with Gasteiger partial charge in [0.15, 0.2) is 18.1 Å². The first-order valence-corrected chi connectivity index (χ1v) is 8.68. The average Bonchev–Trinajstić information content (AvgIpc) is 3.31. The molecule has 0 bridgehead atoms. The maximum absolute atomic E-state index is 12.4. The summed E-state index contributed by atoms with van der Waals surface area (Å²) in [5.41, 5.74) is 0.914. The van der Waals surface area contributed by atoms with Gasteiger partial charge in [-0.2, -0.15) is 13.2 Å². The van der Waals surface area contributed by atoms with E-state index in [1.807, 2.05) is 0 Å². The van der Waals surface area contributed by atoms with Crippen molar-refractivity contribution in [2.45, 2.75) is 32.0 Å². The molecule has 27 heavy (non-hydrogen) atoms. The summed E-state index contributed by atoms with van der Waals surface area (Å²) in [6.45, 7) is 0.846. The minimum absolute atomic E-state index is 0. The van der Waals surface area contributed by atoms with E-state index in [0.717, 1.165) is 37.9 Å². The molecule has 3 rings (SSSR count). The largest absolute Gasteiger partial charge is 0.493 e. The summed E-state index contributed by atoms with van der Waals surface area (Å²) in [5.74, 6) is 0.349. The number of hydrogen-bond acceptors (Lipinski definition) is 4. The van der Waals surface area contributed by atoms with Crippen molar-refractivity contribution in [2.24, 2.45) is 11.3 Å². The third kappa shape index (κ3) is 5.42. The Morgan fingerprint density at radius 1 is 1.30 bits per heavy atom. The average molecular weight is 409 g/mol. The molecule has 1 aromatic carbocycles. The highest BCUT2D eigenvalue weighted by atomic mass is 35.5. The zero-order valence-electron chi connectivity index (χ0n) is 15.0. The van der Waals surface area contributed by atoms with Crippen molar-refractivity contribution in [2.75, 3.05) is 26.8 Å². The van der Waals surface area contributed by atoms with Gasteiger partial charge in [0, 0.05) is 12.5 Å². The molecule has 1 spiro atoms. The summed E-state index contributed by atoms with van der Waals surface area (Å²) < 4.78 is 46.7. The number of halogens is 4. The normalized spacial score (nSPS) is 20.5. The van der Waals surface area contributed by atoms with Gasteiger partial charge >= 0.3 is 6.18 Å². The van der Waals surface area contributed by atoms with Crippen molar-refractivity contribution in [1.82, 2.24) is 10.6 Å². The Morgan fingerprint density at radius 3 is 2.63 bits per heavy atom. The second-order valence-electron chi connectivity index (χ2n) is 6.98. The Hall–Kier alpha value is -1.67. The number of benzene rings is 1. The maximum atomic E-state index is 12.4. The fraction of sp³-hybridized carbons (Fsp3) is 0.611. The van der Waals surface area contributed by atoms with Crippen molar-refractivity contribution >= 4 is 18.3 Å². The molecule has 1 aromatic rings. The first kappa shape index (κ1) is 21.6. The zero-order valence-corrected chi connectivity index (χ0v) is 15.8. The van der Waals surface area contributed by atoms with Crippen LogP contribution < -0.4 is 20.1 Å². The van der Waals surface area contributed by atoms with E-state index >= 15 is 0 Å². The van der Waals surface area contributed by atoms with Crippen LogP contribution in [0, 0.1) is 11.3 Å². The number of piperidine rings is 1. The summed E-state index contributed by atoms with van der Waals surface area (Å²) in [5, 5.41) is 6.23. The van der Waals surface area contributed by atoms with Crippen LogP contribution in [0.15, 0.2) is 18.2 Å². The molecule has 1 aliphatic heterocycles. The van der Waals surface area contributed by atoms with Gasteiger partial charge in [-0.1, -0.05) is 6.07 Å². The Labute approximate surface area is 162 Å². The lowest BCUT2D eigenvalue weighted by molar-refractivity contribution is -0.153. The first-order chi connectivity index (χ1) is 12.3. The minimum Gasteiger partial charge on any atom is -0.493 e. The fourth-order valence-electron chi connectivity index (χ4n) is 3.61. The van der Waals surface area contributed by atoms with Crippen LogP contribution in [0.5, 0.6) is 11.5 Å². The second-order valence-corrected chi connectivity index (χ2v) is 6.98. The van der Waals surface area contributed by atoms with E-state index in [1.54, 1.807) is 12.1 Å². The number of carbonyl (C=O) groups is 1. The van der Waals surface area contributed by atoms with Crippen LogP contribution in [0.25, 0.3) is 0 Å². The van der Waals surface area contributed by atoms with Gasteiger partial charge in [-0.25, -0.2) is 0 Å². The van der Waals surface area contributed by atoms with Crippen molar-refractivity contribution in [3.8, 4) is 11.5 Å². The van der Waals surface area contributed by atoms with Crippen LogP contribution in [0.3, 0.4) is 0 Å². The van der Waals surface area contributed by atoms with Crippen LogP contribution in [0.4, 0.5) is 13.2 Å². The van der Waals surface area contributed by atoms with E-state index in [9.17, 15) is 18.0 Å². The summed E-state index contributed by atoms with van der Waals surface area (Å²) in [6, 6.07) is 4.64. The van der Waals surface area contributed by atoms with Gasteiger partial charge < -0.3 is 20.1 Å². The van der Waals surface area contributed by atoms with E-state index in [1.165, 1.54) is 13.2 Å². The molecule has 1 unspecified atom stereocenters. The van der Waals surface area contributed by atoms with E-state index < -0.39 is 12.8 Å². The van der Waals surface area contributed by atoms with Crippen molar-refractivity contribution in [1.29, 1.82) is 0 Å². The number of nitrogens with one attached hydrogen (secondary N) is 2. The molecule has 0 radical (unpaired) electrons. The quantitative estimate of drug-likeness (QED) is 0.759. The predicted octanol–water partition coefficient (Wildman–Crippen LogP) is 3.06. The Kier molecular flexibility index (Phi) is 6.86. The molecule has 152 valence electrons. The smallest absolute Gasteiger partial charge is 0.422 e. The number of hydrogen-bond donors (Lipinski definition) is 2. The van der Waals surface area contributed by atoms with Crippen molar-refractivity contribution < 1.29 is 27.4 Å².